The standard InChI is InChI=1S/C15H14N4O2S/c1-20-9-3-8(4-10(5-9)21-2)14-11(6-16)13(18)12(7-17)15(19)22-14/h3-5,11,14,19H,18H2,1-2H3/t11-,14-/m1/s1. The van der Waals surface area contributed by atoms with Crippen molar-refractivity contribution in [2.45, 2.75) is 5.25 Å². The number of rotatable bonds is 3. The van der Waals surface area contributed by atoms with Gasteiger partial charge in [-0.2, -0.15) is 10.5 Å². The zero-order valence-electron chi connectivity index (χ0n) is 12.1. The van der Waals surface area contributed by atoms with Crippen LogP contribution in [0.15, 0.2) is 29.5 Å². The Bertz CT molecular complexity index is 708. The molecule has 0 bridgehead atoms. The lowest BCUT2D eigenvalue weighted by Crippen LogP contribution is -2.26. The van der Waals surface area contributed by atoms with Crippen molar-refractivity contribution in [1.29, 1.82) is 15.9 Å². The molecule has 1 aliphatic rings. The molecular formula is C15H14N4O2S. The van der Waals surface area contributed by atoms with Crippen molar-refractivity contribution < 1.29 is 9.47 Å². The number of ether oxygens (including phenoxy) is 2. The average molecular weight is 314 g/mol. The van der Waals surface area contributed by atoms with E-state index in [4.69, 9.17) is 25.9 Å². The SMILES string of the molecule is COc1cc(OC)cc([C@H]2SC(=N)C(C#N)=C(N)[C@H]2C#N)c1. The van der Waals surface area contributed by atoms with Crippen LogP contribution in [0.3, 0.4) is 0 Å². The van der Waals surface area contributed by atoms with Gasteiger partial charge in [0.15, 0.2) is 0 Å². The molecular weight excluding hydrogens is 300 g/mol. The topological polar surface area (TPSA) is 116 Å². The molecule has 0 radical (unpaired) electrons. The lowest BCUT2D eigenvalue weighted by atomic mass is 9.93. The van der Waals surface area contributed by atoms with Gasteiger partial charge in [0.05, 0.1) is 25.5 Å². The van der Waals surface area contributed by atoms with Gasteiger partial charge in [0.1, 0.15) is 34.1 Å². The summed E-state index contributed by atoms with van der Waals surface area (Å²) in [5.74, 6) is 0.490. The molecule has 7 heteroatoms. The molecule has 0 amide bonds. The summed E-state index contributed by atoms with van der Waals surface area (Å²) in [7, 11) is 3.08. The van der Waals surface area contributed by atoms with Crippen LogP contribution in [0.4, 0.5) is 0 Å². The van der Waals surface area contributed by atoms with Gasteiger partial charge in [-0.15, -0.1) is 0 Å². The van der Waals surface area contributed by atoms with Crippen LogP contribution in [0, 0.1) is 34.0 Å². The zero-order valence-corrected chi connectivity index (χ0v) is 12.9. The van der Waals surface area contributed by atoms with E-state index in [1.54, 1.807) is 32.4 Å². The van der Waals surface area contributed by atoms with E-state index >= 15 is 0 Å². The molecule has 0 saturated carbocycles. The van der Waals surface area contributed by atoms with E-state index in [0.717, 1.165) is 17.3 Å². The van der Waals surface area contributed by atoms with Gasteiger partial charge >= 0.3 is 0 Å². The van der Waals surface area contributed by atoms with E-state index < -0.39 is 11.2 Å². The van der Waals surface area contributed by atoms with Crippen LogP contribution in [0.25, 0.3) is 0 Å². The molecule has 22 heavy (non-hydrogen) atoms. The molecule has 1 aliphatic heterocycles. The number of hydrogen-bond donors (Lipinski definition) is 2. The van der Waals surface area contributed by atoms with E-state index in [1.165, 1.54) is 0 Å². The molecule has 0 fully saturated rings. The molecule has 0 unspecified atom stereocenters. The quantitative estimate of drug-likeness (QED) is 0.884. The molecule has 0 aromatic heterocycles. The number of benzene rings is 1. The number of nitriles is 2. The minimum absolute atomic E-state index is 0.0679. The van der Waals surface area contributed by atoms with E-state index in [2.05, 4.69) is 6.07 Å². The lowest BCUT2D eigenvalue weighted by Gasteiger charge is -2.28. The van der Waals surface area contributed by atoms with Crippen LogP contribution >= 0.6 is 11.8 Å². The second-order valence-corrected chi connectivity index (χ2v) is 5.71. The molecule has 2 rings (SSSR count). The van der Waals surface area contributed by atoms with E-state index in [0.29, 0.717) is 11.5 Å². The Hall–Kier alpha value is -2.64. The fourth-order valence-electron chi connectivity index (χ4n) is 2.21. The zero-order chi connectivity index (χ0) is 16.3. The number of thioether (sulfide) groups is 1. The first-order valence-corrected chi connectivity index (χ1v) is 7.21. The van der Waals surface area contributed by atoms with Crippen LogP contribution < -0.4 is 15.2 Å². The molecule has 1 heterocycles. The normalized spacial score (nSPS) is 21.0. The fourth-order valence-corrected chi connectivity index (χ4v) is 3.36. The number of allylic oxidation sites excluding steroid dienone is 1. The molecule has 0 spiro atoms. The minimum Gasteiger partial charge on any atom is -0.497 e. The second-order valence-electron chi connectivity index (χ2n) is 4.56. The molecule has 2 atom stereocenters. The van der Waals surface area contributed by atoms with Crippen molar-refractivity contribution in [3.05, 3.63) is 35.0 Å². The maximum atomic E-state index is 9.43. The Balaban J connectivity index is 2.54. The third kappa shape index (κ3) is 2.72. The first kappa shape index (κ1) is 15.7. The number of methoxy groups -OCH3 is 2. The van der Waals surface area contributed by atoms with Gasteiger partial charge in [0, 0.05) is 11.8 Å². The van der Waals surface area contributed by atoms with Gasteiger partial charge in [-0.1, -0.05) is 11.8 Å². The summed E-state index contributed by atoms with van der Waals surface area (Å²) in [5, 5.41) is 26.1. The summed E-state index contributed by atoms with van der Waals surface area (Å²) in [6.45, 7) is 0. The van der Waals surface area contributed by atoms with Crippen LogP contribution in [-0.2, 0) is 0 Å². The van der Waals surface area contributed by atoms with Gasteiger partial charge < -0.3 is 15.2 Å². The first-order chi connectivity index (χ1) is 10.5. The van der Waals surface area contributed by atoms with Crippen molar-refractivity contribution in [1.82, 2.24) is 0 Å². The number of nitrogens with two attached hydrogens (primary N) is 1. The average Bonchev–Trinajstić information content (AvgIpc) is 2.54. The van der Waals surface area contributed by atoms with Gasteiger partial charge in [-0.3, -0.25) is 5.41 Å². The maximum Gasteiger partial charge on any atom is 0.122 e. The van der Waals surface area contributed by atoms with Crippen LogP contribution in [0.5, 0.6) is 11.5 Å². The highest BCUT2D eigenvalue weighted by atomic mass is 32.2. The third-order valence-electron chi connectivity index (χ3n) is 3.35. The number of hydrogen-bond acceptors (Lipinski definition) is 7. The highest BCUT2D eigenvalue weighted by molar-refractivity contribution is 8.14. The summed E-state index contributed by atoms with van der Waals surface area (Å²) >= 11 is 1.14. The summed E-state index contributed by atoms with van der Waals surface area (Å²) < 4.78 is 10.5. The largest absolute Gasteiger partial charge is 0.497 e. The fraction of sp³-hybridized carbons (Fsp3) is 0.267. The highest BCUT2D eigenvalue weighted by Crippen LogP contribution is 2.46. The summed E-state index contributed by atoms with van der Waals surface area (Å²) in [6, 6.07) is 9.31. The van der Waals surface area contributed by atoms with Crippen LogP contribution in [0.1, 0.15) is 10.8 Å². The predicted molar refractivity (Wildman–Crippen MR) is 83.5 cm³/mol. The number of nitrogens with one attached hydrogen (secondary N) is 1. The summed E-state index contributed by atoms with van der Waals surface area (Å²) in [6.07, 6.45) is 0. The lowest BCUT2D eigenvalue weighted by molar-refractivity contribution is 0.393. The molecule has 3 N–H and O–H groups in total. The molecule has 1 aromatic rings. The Morgan fingerprint density at radius 2 is 1.77 bits per heavy atom. The Labute approximate surface area is 132 Å². The Morgan fingerprint density at radius 1 is 1.18 bits per heavy atom. The Morgan fingerprint density at radius 3 is 2.23 bits per heavy atom. The molecule has 0 aliphatic carbocycles. The molecule has 0 saturated heterocycles. The van der Waals surface area contributed by atoms with Crippen molar-refractivity contribution in [2.24, 2.45) is 11.7 Å². The third-order valence-corrected chi connectivity index (χ3v) is 4.59. The van der Waals surface area contributed by atoms with Crippen molar-refractivity contribution >= 4 is 16.8 Å². The molecule has 6 nitrogen and oxygen atoms in total. The summed E-state index contributed by atoms with van der Waals surface area (Å²) in [5.41, 5.74) is 6.89. The molecule has 1 aromatic carbocycles. The van der Waals surface area contributed by atoms with Crippen molar-refractivity contribution in [3.63, 3.8) is 0 Å². The summed E-state index contributed by atoms with van der Waals surface area (Å²) in [4.78, 5) is 0. The highest BCUT2D eigenvalue weighted by Gasteiger charge is 2.35. The van der Waals surface area contributed by atoms with E-state index in [1.807, 2.05) is 6.07 Å². The van der Waals surface area contributed by atoms with Crippen molar-refractivity contribution in [2.75, 3.05) is 14.2 Å². The van der Waals surface area contributed by atoms with Gasteiger partial charge in [0.2, 0.25) is 0 Å². The van der Waals surface area contributed by atoms with Gasteiger partial charge in [-0.05, 0) is 17.7 Å². The minimum atomic E-state index is -0.689. The Kier molecular flexibility index (Phi) is 4.59. The van der Waals surface area contributed by atoms with Crippen LogP contribution in [-0.4, -0.2) is 19.3 Å². The second kappa shape index (κ2) is 6.42. The van der Waals surface area contributed by atoms with E-state index in [9.17, 15) is 5.26 Å². The van der Waals surface area contributed by atoms with E-state index in [-0.39, 0.29) is 16.3 Å². The van der Waals surface area contributed by atoms with Gasteiger partial charge in [-0.25, -0.2) is 0 Å². The van der Waals surface area contributed by atoms with Crippen molar-refractivity contribution in [3.8, 4) is 23.6 Å². The smallest absolute Gasteiger partial charge is 0.122 e. The monoisotopic (exact) mass is 314 g/mol. The van der Waals surface area contributed by atoms with Crippen LogP contribution in [0.2, 0.25) is 0 Å². The van der Waals surface area contributed by atoms with Gasteiger partial charge in [0.25, 0.3) is 0 Å². The predicted octanol–water partition coefficient (Wildman–Crippen LogP) is 2.35. The first-order valence-electron chi connectivity index (χ1n) is 6.33. The number of nitrogens with zero attached hydrogens (tertiary/aromatic N) is 2. The maximum absolute atomic E-state index is 9.43. The molecule has 112 valence electrons.